The molecule has 1 aromatic heterocycles. The molecule has 1 aromatic carbocycles. The zero-order chi connectivity index (χ0) is 20.9. The molecule has 2 amide bonds. The third kappa shape index (κ3) is 6.45. The number of amides is 2. The molecule has 2 aromatic rings. The largest absolute Gasteiger partial charge is 0.444 e. The number of ether oxygens (including phenoxy) is 1. The Morgan fingerprint density at radius 2 is 1.89 bits per heavy atom. The highest BCUT2D eigenvalue weighted by atomic mass is 32.2. The molecule has 0 bridgehead atoms. The number of rotatable bonds is 5. The van der Waals surface area contributed by atoms with E-state index >= 15 is 0 Å². The molecule has 0 radical (unpaired) electrons. The minimum absolute atomic E-state index is 0.0567. The number of pyridine rings is 1. The van der Waals surface area contributed by atoms with Crippen LogP contribution in [0, 0.1) is 5.82 Å². The molecule has 2 rings (SSSR count). The molecule has 0 aliphatic carbocycles. The number of anilines is 2. The van der Waals surface area contributed by atoms with Gasteiger partial charge in [0, 0.05) is 11.9 Å². The Balaban J connectivity index is 2.17. The summed E-state index contributed by atoms with van der Waals surface area (Å²) in [7, 11) is 0. The molecule has 1 heterocycles. The summed E-state index contributed by atoms with van der Waals surface area (Å²) in [6, 6.07) is 6.28. The van der Waals surface area contributed by atoms with Crippen molar-refractivity contribution in [2.45, 2.75) is 37.2 Å². The van der Waals surface area contributed by atoms with Crippen LogP contribution in [0.25, 0.3) is 0 Å². The van der Waals surface area contributed by atoms with Gasteiger partial charge >= 0.3 is 6.09 Å². The molecule has 28 heavy (non-hydrogen) atoms. The van der Waals surface area contributed by atoms with Gasteiger partial charge in [-0.25, -0.2) is 14.2 Å². The first-order valence-corrected chi connectivity index (χ1v) is 8.94. The van der Waals surface area contributed by atoms with E-state index < -0.39 is 29.2 Å². The van der Waals surface area contributed by atoms with E-state index in [1.54, 1.807) is 20.8 Å². The fraction of sp³-hybridized carbons (Fsp3) is 0.278. The number of nitrogens with zero attached hydrogens (tertiary/aromatic N) is 1. The Morgan fingerprint density at radius 1 is 1.18 bits per heavy atom. The number of nitrogens with one attached hydrogen (secondary N) is 2. The SMILES string of the molecule is CC(C)(C)OC(=O)Nc1cc(NC(=O)c2cccnc2SC(F)F)ccc1F. The van der Waals surface area contributed by atoms with Crippen molar-refractivity contribution >= 4 is 35.1 Å². The number of thioether (sulfide) groups is 1. The Labute approximate surface area is 163 Å². The number of carbonyl (C=O) groups excluding carboxylic acids is 2. The van der Waals surface area contributed by atoms with Gasteiger partial charge in [0.15, 0.2) is 0 Å². The smallest absolute Gasteiger partial charge is 0.412 e. The van der Waals surface area contributed by atoms with E-state index in [4.69, 9.17) is 4.74 Å². The van der Waals surface area contributed by atoms with Crippen LogP contribution in [-0.4, -0.2) is 28.3 Å². The van der Waals surface area contributed by atoms with E-state index in [1.807, 2.05) is 0 Å². The van der Waals surface area contributed by atoms with E-state index in [0.29, 0.717) is 0 Å². The van der Waals surface area contributed by atoms with Crippen molar-refractivity contribution in [3.05, 3.63) is 47.9 Å². The van der Waals surface area contributed by atoms with Crippen molar-refractivity contribution in [2.75, 3.05) is 10.6 Å². The summed E-state index contributed by atoms with van der Waals surface area (Å²) in [5.74, 6) is -4.18. The van der Waals surface area contributed by atoms with Gasteiger partial charge in [-0.15, -0.1) is 0 Å². The summed E-state index contributed by atoms with van der Waals surface area (Å²) < 4.78 is 44.3. The summed E-state index contributed by atoms with van der Waals surface area (Å²) >= 11 is 0.144. The number of hydrogen-bond donors (Lipinski definition) is 2. The molecule has 150 valence electrons. The van der Waals surface area contributed by atoms with Gasteiger partial charge in [0.1, 0.15) is 16.4 Å². The molecule has 0 saturated heterocycles. The molecular weight excluding hydrogens is 395 g/mol. The zero-order valence-electron chi connectivity index (χ0n) is 15.3. The summed E-state index contributed by atoms with van der Waals surface area (Å²) in [6.07, 6.45) is 0.431. The topological polar surface area (TPSA) is 80.3 Å². The Bertz CT molecular complexity index is 873. The lowest BCUT2D eigenvalue weighted by atomic mass is 10.2. The van der Waals surface area contributed by atoms with E-state index in [1.165, 1.54) is 30.5 Å². The summed E-state index contributed by atoms with van der Waals surface area (Å²) in [5, 5.41) is 4.58. The normalized spacial score (nSPS) is 11.2. The van der Waals surface area contributed by atoms with Crippen LogP contribution >= 0.6 is 11.8 Å². The molecule has 0 spiro atoms. The molecule has 6 nitrogen and oxygen atoms in total. The van der Waals surface area contributed by atoms with Crippen LogP contribution in [0.2, 0.25) is 0 Å². The molecule has 0 aliphatic rings. The van der Waals surface area contributed by atoms with Crippen LogP contribution in [0.5, 0.6) is 0 Å². The van der Waals surface area contributed by atoms with Gasteiger partial charge in [-0.05, 0) is 62.9 Å². The third-order valence-corrected chi connectivity index (χ3v) is 3.80. The van der Waals surface area contributed by atoms with E-state index in [2.05, 4.69) is 15.6 Å². The van der Waals surface area contributed by atoms with Crippen LogP contribution in [0.1, 0.15) is 31.1 Å². The Kier molecular flexibility index (Phi) is 6.90. The van der Waals surface area contributed by atoms with Gasteiger partial charge < -0.3 is 10.1 Å². The fourth-order valence-corrected chi connectivity index (χ4v) is 2.63. The van der Waals surface area contributed by atoms with Gasteiger partial charge in [0.2, 0.25) is 0 Å². The average Bonchev–Trinajstić information content (AvgIpc) is 2.56. The monoisotopic (exact) mass is 413 g/mol. The van der Waals surface area contributed by atoms with Crippen LogP contribution in [0.3, 0.4) is 0 Å². The molecule has 0 atom stereocenters. The van der Waals surface area contributed by atoms with Crippen LogP contribution in [0.4, 0.5) is 29.3 Å². The van der Waals surface area contributed by atoms with Crippen molar-refractivity contribution in [1.29, 1.82) is 0 Å². The maximum Gasteiger partial charge on any atom is 0.412 e. The van der Waals surface area contributed by atoms with Crippen LogP contribution < -0.4 is 10.6 Å². The standard InChI is InChI=1S/C18H18F3N3O3S/c1-18(2,3)27-17(26)24-13-9-10(6-7-12(13)19)23-14(25)11-5-4-8-22-15(11)28-16(20)21/h4-9,16H,1-3H3,(H,23,25)(H,24,26). The van der Waals surface area contributed by atoms with Gasteiger partial charge in [-0.3, -0.25) is 10.1 Å². The van der Waals surface area contributed by atoms with Crippen LogP contribution in [0.15, 0.2) is 41.6 Å². The second kappa shape index (κ2) is 8.96. The highest BCUT2D eigenvalue weighted by Crippen LogP contribution is 2.27. The second-order valence-corrected chi connectivity index (χ2v) is 7.49. The third-order valence-electron chi connectivity index (χ3n) is 3.08. The lowest BCUT2D eigenvalue weighted by Gasteiger charge is -2.20. The van der Waals surface area contributed by atoms with E-state index in [9.17, 15) is 22.8 Å². The summed E-state index contributed by atoms with van der Waals surface area (Å²) in [4.78, 5) is 28.0. The number of carbonyl (C=O) groups is 2. The lowest BCUT2D eigenvalue weighted by molar-refractivity contribution is 0.0635. The van der Waals surface area contributed by atoms with E-state index in [-0.39, 0.29) is 33.7 Å². The highest BCUT2D eigenvalue weighted by molar-refractivity contribution is 7.99. The first-order valence-electron chi connectivity index (χ1n) is 8.06. The summed E-state index contributed by atoms with van der Waals surface area (Å²) in [5.41, 5.74) is -0.889. The van der Waals surface area contributed by atoms with Crippen molar-refractivity contribution in [1.82, 2.24) is 4.98 Å². The predicted molar refractivity (Wildman–Crippen MR) is 100 cm³/mol. The van der Waals surface area contributed by atoms with Gasteiger partial charge in [-0.2, -0.15) is 8.78 Å². The molecule has 10 heteroatoms. The van der Waals surface area contributed by atoms with Crippen molar-refractivity contribution in [3.8, 4) is 0 Å². The maximum absolute atomic E-state index is 14.0. The van der Waals surface area contributed by atoms with Gasteiger partial charge in [-0.1, -0.05) is 0 Å². The van der Waals surface area contributed by atoms with Crippen molar-refractivity contribution in [2.24, 2.45) is 0 Å². The minimum Gasteiger partial charge on any atom is -0.444 e. The van der Waals surface area contributed by atoms with Crippen LogP contribution in [-0.2, 0) is 4.74 Å². The van der Waals surface area contributed by atoms with E-state index in [0.717, 1.165) is 6.07 Å². The van der Waals surface area contributed by atoms with Gasteiger partial charge in [0.05, 0.1) is 11.3 Å². The predicted octanol–water partition coefficient (Wildman–Crippen LogP) is 5.13. The quantitative estimate of drug-likeness (QED) is 0.664. The molecule has 0 aliphatic heterocycles. The number of aromatic nitrogens is 1. The van der Waals surface area contributed by atoms with Crippen molar-refractivity contribution in [3.63, 3.8) is 0 Å². The number of halogens is 3. The molecule has 0 fully saturated rings. The first kappa shape index (κ1) is 21.5. The maximum atomic E-state index is 14.0. The number of alkyl halides is 2. The lowest BCUT2D eigenvalue weighted by Crippen LogP contribution is -2.27. The fourth-order valence-electron chi connectivity index (χ4n) is 2.05. The first-order chi connectivity index (χ1) is 13.0. The highest BCUT2D eigenvalue weighted by Gasteiger charge is 2.19. The molecule has 2 N–H and O–H groups in total. The Hall–Kier alpha value is -2.75. The molecule has 0 unspecified atom stereocenters. The minimum atomic E-state index is -2.74. The molecule has 0 saturated carbocycles. The summed E-state index contributed by atoms with van der Waals surface area (Å²) in [6.45, 7) is 4.97. The second-order valence-electron chi connectivity index (χ2n) is 6.51. The number of benzene rings is 1. The Morgan fingerprint density at radius 3 is 2.54 bits per heavy atom. The zero-order valence-corrected chi connectivity index (χ0v) is 16.1. The van der Waals surface area contributed by atoms with Crippen molar-refractivity contribution < 1.29 is 27.5 Å². The molecular formula is C18H18F3N3O3S. The van der Waals surface area contributed by atoms with Gasteiger partial charge in [0.25, 0.3) is 11.7 Å². The number of hydrogen-bond acceptors (Lipinski definition) is 5. The average molecular weight is 413 g/mol.